The minimum Gasteiger partial charge on any atom is -0.479 e. The van der Waals surface area contributed by atoms with Crippen LogP contribution in [0.15, 0.2) is 4.99 Å². The van der Waals surface area contributed by atoms with Gasteiger partial charge in [0.1, 0.15) is 18.8 Å². The fourth-order valence-electron chi connectivity index (χ4n) is 2.88. The normalized spacial score (nSPS) is 15.6. The van der Waals surface area contributed by atoms with Crippen molar-refractivity contribution in [3.05, 3.63) is 0 Å². The van der Waals surface area contributed by atoms with Crippen molar-refractivity contribution in [3.63, 3.8) is 0 Å². The number of carbonyl (C=O) groups is 2. The van der Waals surface area contributed by atoms with Crippen LogP contribution in [-0.4, -0.2) is 103 Å². The summed E-state index contributed by atoms with van der Waals surface area (Å²) in [5.74, 6) is -1.74. The highest BCUT2D eigenvalue weighted by Gasteiger charge is 2.33. The van der Waals surface area contributed by atoms with Crippen LogP contribution in [0.3, 0.4) is 0 Å². The van der Waals surface area contributed by atoms with Gasteiger partial charge in [0.2, 0.25) is 11.8 Å². The van der Waals surface area contributed by atoms with Gasteiger partial charge >= 0.3 is 19.7 Å². The number of rotatable bonds is 18. The molecule has 0 aliphatic heterocycles. The van der Waals surface area contributed by atoms with Crippen LogP contribution in [-0.2, 0) is 37.4 Å². The standard InChI is InChI=1S/C22H39N6O11P/c1-12(2)38-16(30)9-26-40(33,37-11-17(31)39-13(3)4)36-10-15(34-5)19(32)14(29)7-8-25-18-20(23)27-22(24)28-21(18)35-6/h8,12-15,19,29,32H,7,9-11H2,1-6H3,(H,26,33)(H4,23,24,27,28)/t14-,15?,19?,40?/m1/s1. The second-order valence-corrected chi connectivity index (χ2v) is 10.5. The zero-order valence-electron chi connectivity index (χ0n) is 23.3. The van der Waals surface area contributed by atoms with E-state index in [0.29, 0.717) is 0 Å². The molecule has 18 heteroatoms. The van der Waals surface area contributed by atoms with Gasteiger partial charge in [-0.15, -0.1) is 0 Å². The van der Waals surface area contributed by atoms with Gasteiger partial charge in [0.15, 0.2) is 18.1 Å². The van der Waals surface area contributed by atoms with Crippen LogP contribution in [0.5, 0.6) is 5.88 Å². The van der Waals surface area contributed by atoms with Crippen molar-refractivity contribution in [2.24, 2.45) is 4.99 Å². The number of hydrogen-bond acceptors (Lipinski definition) is 16. The van der Waals surface area contributed by atoms with Crippen molar-refractivity contribution in [3.8, 4) is 5.88 Å². The Hall–Kier alpha value is -2.92. The fraction of sp³-hybridized carbons (Fsp3) is 0.682. The number of aromatic nitrogens is 2. The summed E-state index contributed by atoms with van der Waals surface area (Å²) in [7, 11) is -1.78. The van der Waals surface area contributed by atoms with Gasteiger partial charge in [0, 0.05) is 19.7 Å². The van der Waals surface area contributed by atoms with Crippen LogP contribution < -0.4 is 21.3 Å². The lowest BCUT2D eigenvalue weighted by Gasteiger charge is -2.27. The molecule has 0 spiro atoms. The van der Waals surface area contributed by atoms with Crippen LogP contribution in [0, 0.1) is 0 Å². The Bertz CT molecular complexity index is 1010. The number of methoxy groups -OCH3 is 2. The van der Waals surface area contributed by atoms with Crippen LogP contribution in [0.1, 0.15) is 34.1 Å². The largest absolute Gasteiger partial charge is 0.479 e. The molecule has 0 bridgehead atoms. The molecule has 1 aromatic rings. The quantitative estimate of drug-likeness (QED) is 0.0859. The lowest BCUT2D eigenvalue weighted by atomic mass is 10.1. The molecule has 1 heterocycles. The molecule has 17 nitrogen and oxygen atoms in total. The maximum Gasteiger partial charge on any atom is 0.406 e. The van der Waals surface area contributed by atoms with E-state index in [1.807, 2.05) is 0 Å². The first-order chi connectivity index (χ1) is 18.7. The van der Waals surface area contributed by atoms with Gasteiger partial charge in [-0.3, -0.25) is 18.8 Å². The highest BCUT2D eigenvalue weighted by molar-refractivity contribution is 7.51. The molecule has 0 aliphatic rings. The van der Waals surface area contributed by atoms with Gasteiger partial charge in [-0.05, 0) is 27.7 Å². The molecule has 4 atom stereocenters. The molecule has 0 saturated carbocycles. The van der Waals surface area contributed by atoms with Gasteiger partial charge in [0.05, 0.1) is 32.0 Å². The maximum absolute atomic E-state index is 13.2. The summed E-state index contributed by atoms with van der Waals surface area (Å²) >= 11 is 0. The lowest BCUT2D eigenvalue weighted by Crippen LogP contribution is -2.41. The minimum atomic E-state index is -4.33. The number of carbonyl (C=O) groups excluding carboxylic acids is 2. The number of anilines is 2. The van der Waals surface area contributed by atoms with Crippen molar-refractivity contribution in [1.82, 2.24) is 15.1 Å². The van der Waals surface area contributed by atoms with E-state index in [4.69, 9.17) is 39.5 Å². The average molecular weight is 595 g/mol. The first-order valence-electron chi connectivity index (χ1n) is 12.1. The molecule has 0 radical (unpaired) electrons. The Labute approximate surface area is 232 Å². The third-order valence-electron chi connectivity index (χ3n) is 4.65. The Balaban J connectivity index is 2.88. The van der Waals surface area contributed by atoms with Crippen molar-refractivity contribution in [1.29, 1.82) is 0 Å². The van der Waals surface area contributed by atoms with Crippen molar-refractivity contribution in [2.45, 2.75) is 64.6 Å². The number of nitrogens with zero attached hydrogens (tertiary/aromatic N) is 3. The second-order valence-electron chi connectivity index (χ2n) is 8.68. The van der Waals surface area contributed by atoms with Crippen LogP contribution in [0.4, 0.5) is 17.5 Å². The second kappa shape index (κ2) is 17.0. The van der Waals surface area contributed by atoms with Gasteiger partial charge in [-0.25, -0.2) is 14.4 Å². The van der Waals surface area contributed by atoms with E-state index in [0.717, 1.165) is 0 Å². The summed E-state index contributed by atoms with van der Waals surface area (Å²) in [6.45, 7) is 4.57. The Morgan fingerprint density at radius 2 is 1.68 bits per heavy atom. The summed E-state index contributed by atoms with van der Waals surface area (Å²) in [5, 5.41) is 23.3. The SMILES string of the molecule is COc1nc(N)nc(N)c1N=CC[C@@H](O)C(O)C(COP(=O)(NCC(=O)OC(C)C)OCC(=O)OC(C)C)OC. The topological polar surface area (TPSA) is 249 Å². The van der Waals surface area contributed by atoms with E-state index in [-0.39, 0.29) is 29.8 Å². The number of ether oxygens (including phenoxy) is 4. The molecule has 3 unspecified atom stereocenters. The van der Waals surface area contributed by atoms with Gasteiger partial charge < -0.3 is 40.6 Å². The Morgan fingerprint density at radius 3 is 2.25 bits per heavy atom. The van der Waals surface area contributed by atoms with Crippen LogP contribution >= 0.6 is 7.75 Å². The third-order valence-corrected chi connectivity index (χ3v) is 6.15. The van der Waals surface area contributed by atoms with E-state index in [1.54, 1.807) is 27.7 Å². The number of hydrogen-bond donors (Lipinski definition) is 5. The first kappa shape index (κ1) is 35.1. The van der Waals surface area contributed by atoms with E-state index < -0.39 is 70.0 Å². The van der Waals surface area contributed by atoms with E-state index >= 15 is 0 Å². The highest BCUT2D eigenvalue weighted by Crippen LogP contribution is 2.44. The van der Waals surface area contributed by atoms with Gasteiger partial charge in [-0.2, -0.15) is 9.97 Å². The summed E-state index contributed by atoms with van der Waals surface area (Å²) in [4.78, 5) is 35.5. The summed E-state index contributed by atoms with van der Waals surface area (Å²) < 4.78 is 43.8. The molecule has 0 aliphatic carbocycles. The molecule has 228 valence electrons. The smallest absolute Gasteiger partial charge is 0.406 e. The Morgan fingerprint density at radius 1 is 1.05 bits per heavy atom. The van der Waals surface area contributed by atoms with Crippen LogP contribution in [0.2, 0.25) is 0 Å². The average Bonchev–Trinajstić information content (AvgIpc) is 2.86. The first-order valence-corrected chi connectivity index (χ1v) is 13.7. The number of aliphatic imine (C=N–C) groups is 1. The molecule has 1 aromatic heterocycles. The molecule has 0 fully saturated rings. The van der Waals surface area contributed by atoms with Gasteiger partial charge in [-0.1, -0.05) is 0 Å². The lowest BCUT2D eigenvalue weighted by molar-refractivity contribution is -0.150. The highest BCUT2D eigenvalue weighted by atomic mass is 31.2. The predicted octanol–water partition coefficient (Wildman–Crippen LogP) is 0.113. The maximum atomic E-state index is 13.2. The summed E-state index contributed by atoms with van der Waals surface area (Å²) in [6.07, 6.45) is -4.06. The number of aliphatic hydroxyl groups is 2. The Kier molecular flexibility index (Phi) is 14.9. The monoisotopic (exact) mass is 594 g/mol. The van der Waals surface area contributed by atoms with Gasteiger partial charge in [0.25, 0.3) is 0 Å². The van der Waals surface area contributed by atoms with E-state index in [1.165, 1.54) is 20.4 Å². The molecular weight excluding hydrogens is 555 g/mol. The molecule has 1 rings (SSSR count). The van der Waals surface area contributed by atoms with E-state index in [2.05, 4.69) is 20.0 Å². The zero-order valence-corrected chi connectivity index (χ0v) is 24.2. The van der Waals surface area contributed by atoms with Crippen molar-refractivity contribution >= 4 is 43.4 Å². The van der Waals surface area contributed by atoms with Crippen LogP contribution in [0.25, 0.3) is 0 Å². The fourth-order valence-corrected chi connectivity index (χ4v) is 4.08. The minimum absolute atomic E-state index is 0.0114. The summed E-state index contributed by atoms with van der Waals surface area (Å²) in [6, 6.07) is 0. The third kappa shape index (κ3) is 12.5. The molecule has 7 N–H and O–H groups in total. The van der Waals surface area contributed by atoms with Crippen molar-refractivity contribution < 1.29 is 52.4 Å². The summed E-state index contributed by atoms with van der Waals surface area (Å²) in [5.41, 5.74) is 11.4. The molecule has 40 heavy (non-hydrogen) atoms. The van der Waals surface area contributed by atoms with Crippen molar-refractivity contribution in [2.75, 3.05) is 45.4 Å². The number of nitrogen functional groups attached to an aromatic ring is 2. The molecular formula is C22H39N6O11P. The number of nitrogens with two attached hydrogens (primary N) is 2. The molecule has 0 amide bonds. The molecule has 0 saturated heterocycles. The number of esters is 2. The number of aliphatic hydroxyl groups excluding tert-OH is 2. The predicted molar refractivity (Wildman–Crippen MR) is 143 cm³/mol. The molecule has 0 aromatic carbocycles. The zero-order chi connectivity index (χ0) is 30.5. The number of nitrogens with one attached hydrogen (secondary N) is 1. The van der Waals surface area contributed by atoms with E-state index in [9.17, 15) is 24.4 Å².